The lowest BCUT2D eigenvalue weighted by Gasteiger charge is -2.34. The number of nitrogens with two attached hydrogens (primary N) is 1. The van der Waals surface area contributed by atoms with Crippen LogP contribution in [0.25, 0.3) is 9.40 Å². The predicted octanol–water partition coefficient (Wildman–Crippen LogP) is 3.88. The highest BCUT2D eigenvalue weighted by atomic mass is 35.5. The van der Waals surface area contributed by atoms with E-state index in [-0.39, 0.29) is 24.2 Å². The fourth-order valence-corrected chi connectivity index (χ4v) is 5.42. The van der Waals surface area contributed by atoms with Crippen LogP contribution in [0.1, 0.15) is 21.7 Å². The molecule has 0 saturated carbocycles. The van der Waals surface area contributed by atoms with E-state index >= 15 is 0 Å². The van der Waals surface area contributed by atoms with Gasteiger partial charge < -0.3 is 15.5 Å². The molecule has 28 heavy (non-hydrogen) atoms. The number of rotatable bonds is 4. The summed E-state index contributed by atoms with van der Waals surface area (Å²) in [6.45, 7) is 2.36. The Morgan fingerprint density at radius 3 is 2.43 bits per heavy atom. The maximum Gasteiger partial charge on any atom is 0.264 e. The molecule has 1 aliphatic rings. The number of nitrogen functional groups attached to an aromatic ring is 1. The van der Waals surface area contributed by atoms with Crippen LogP contribution in [-0.2, 0) is 11.2 Å². The van der Waals surface area contributed by atoms with Crippen LogP contribution in [0.3, 0.4) is 0 Å². The van der Waals surface area contributed by atoms with Gasteiger partial charge in [0.15, 0.2) is 0 Å². The monoisotopic (exact) mass is 435 g/mol. The molecule has 5 nitrogen and oxygen atoms in total. The second-order valence-corrected chi connectivity index (χ2v) is 8.66. The van der Waals surface area contributed by atoms with Crippen LogP contribution >= 0.6 is 35.1 Å². The zero-order valence-corrected chi connectivity index (χ0v) is 17.7. The number of fused-ring (bicyclic) bond motifs is 1. The van der Waals surface area contributed by atoms with Crippen LogP contribution in [0.2, 0.25) is 0 Å². The van der Waals surface area contributed by atoms with Gasteiger partial charge in [0.1, 0.15) is 0 Å². The molecule has 1 aromatic carbocycles. The molecule has 2 N–H and O–H groups in total. The van der Waals surface area contributed by atoms with Crippen molar-refractivity contribution in [2.45, 2.75) is 12.8 Å². The van der Waals surface area contributed by atoms with Gasteiger partial charge in [0.2, 0.25) is 5.91 Å². The number of hydrogen-bond acceptors (Lipinski definition) is 5. The summed E-state index contributed by atoms with van der Waals surface area (Å²) >= 11 is 3.21. The molecule has 0 atom stereocenters. The fraction of sp³-hybridized carbons (Fsp3) is 0.300. The Morgan fingerprint density at radius 1 is 1.00 bits per heavy atom. The number of amides is 2. The molecule has 3 heterocycles. The number of thiophene rings is 2. The van der Waals surface area contributed by atoms with Gasteiger partial charge in [-0.05, 0) is 35.6 Å². The van der Waals surface area contributed by atoms with E-state index in [9.17, 15) is 9.59 Å². The van der Waals surface area contributed by atoms with Crippen molar-refractivity contribution in [1.29, 1.82) is 0 Å². The summed E-state index contributed by atoms with van der Waals surface area (Å²) in [5, 5.41) is 2.04. The summed E-state index contributed by atoms with van der Waals surface area (Å²) in [5.74, 6) is 0.203. The molecule has 1 fully saturated rings. The van der Waals surface area contributed by atoms with Gasteiger partial charge in [0.25, 0.3) is 5.91 Å². The normalized spacial score (nSPS) is 14.1. The number of piperazine rings is 1. The molecule has 0 aliphatic carbocycles. The summed E-state index contributed by atoms with van der Waals surface area (Å²) in [4.78, 5) is 29.7. The molecule has 0 unspecified atom stereocenters. The number of halogens is 1. The van der Waals surface area contributed by atoms with Gasteiger partial charge in [-0.3, -0.25) is 9.59 Å². The summed E-state index contributed by atoms with van der Waals surface area (Å²) in [5.41, 5.74) is 7.69. The Bertz CT molecular complexity index is 948. The van der Waals surface area contributed by atoms with Crippen molar-refractivity contribution in [3.05, 3.63) is 52.2 Å². The van der Waals surface area contributed by atoms with Gasteiger partial charge in [-0.15, -0.1) is 35.1 Å². The first-order valence-corrected chi connectivity index (χ1v) is 10.7. The zero-order chi connectivity index (χ0) is 18.8. The number of hydrogen-bond donors (Lipinski definition) is 1. The summed E-state index contributed by atoms with van der Waals surface area (Å²) in [6.07, 6.45) is 1.10. The van der Waals surface area contributed by atoms with E-state index in [1.54, 1.807) is 22.7 Å². The number of carbonyl (C=O) groups excluding carboxylic acids is 2. The van der Waals surface area contributed by atoms with Gasteiger partial charge in [0.05, 0.1) is 4.88 Å². The molecule has 1 saturated heterocycles. The third-order valence-corrected chi connectivity index (χ3v) is 7.01. The number of anilines is 1. The van der Waals surface area contributed by atoms with E-state index < -0.39 is 0 Å². The number of nitrogens with zero attached hydrogens (tertiary/aromatic N) is 2. The molecule has 0 radical (unpaired) electrons. The van der Waals surface area contributed by atoms with E-state index in [0.717, 1.165) is 25.5 Å². The van der Waals surface area contributed by atoms with Crippen molar-refractivity contribution in [2.75, 3.05) is 31.9 Å². The summed E-state index contributed by atoms with van der Waals surface area (Å²) in [6, 6.07) is 11.7. The zero-order valence-electron chi connectivity index (χ0n) is 15.3. The van der Waals surface area contributed by atoms with E-state index in [1.807, 2.05) is 45.5 Å². The maximum absolute atomic E-state index is 12.7. The first kappa shape index (κ1) is 20.6. The average molecular weight is 436 g/mol. The van der Waals surface area contributed by atoms with Crippen molar-refractivity contribution >= 4 is 62.0 Å². The molecule has 2 amide bonds. The van der Waals surface area contributed by atoms with Crippen LogP contribution in [0.4, 0.5) is 5.69 Å². The first-order chi connectivity index (χ1) is 13.1. The highest BCUT2D eigenvalue weighted by molar-refractivity contribution is 7.27. The summed E-state index contributed by atoms with van der Waals surface area (Å²) in [7, 11) is 0. The smallest absolute Gasteiger partial charge is 0.264 e. The Morgan fingerprint density at radius 2 is 1.71 bits per heavy atom. The number of carbonyl (C=O) groups is 2. The molecular formula is C20H22ClN3O2S2. The van der Waals surface area contributed by atoms with Crippen LogP contribution in [-0.4, -0.2) is 47.8 Å². The van der Waals surface area contributed by atoms with E-state index in [4.69, 9.17) is 5.73 Å². The topological polar surface area (TPSA) is 66.6 Å². The van der Waals surface area contributed by atoms with Gasteiger partial charge in [-0.2, -0.15) is 0 Å². The van der Waals surface area contributed by atoms with Gasteiger partial charge >= 0.3 is 0 Å². The minimum Gasteiger partial charge on any atom is -0.399 e. The second-order valence-electron chi connectivity index (χ2n) is 6.63. The molecule has 0 bridgehead atoms. The Kier molecular flexibility index (Phi) is 6.59. The van der Waals surface area contributed by atoms with Crippen LogP contribution < -0.4 is 5.73 Å². The lowest BCUT2D eigenvalue weighted by Crippen LogP contribution is -2.50. The van der Waals surface area contributed by atoms with E-state index in [0.29, 0.717) is 39.0 Å². The maximum atomic E-state index is 12.7. The van der Waals surface area contributed by atoms with Gasteiger partial charge in [-0.1, -0.05) is 18.2 Å². The number of aryl methyl sites for hydroxylation is 1. The van der Waals surface area contributed by atoms with E-state index in [2.05, 4.69) is 6.07 Å². The van der Waals surface area contributed by atoms with Crippen molar-refractivity contribution < 1.29 is 9.59 Å². The second kappa shape index (κ2) is 8.94. The van der Waals surface area contributed by atoms with Crippen molar-refractivity contribution in [3.63, 3.8) is 0 Å². The minimum absolute atomic E-state index is 0. The van der Waals surface area contributed by atoms with Crippen molar-refractivity contribution in [3.8, 4) is 0 Å². The first-order valence-electron chi connectivity index (χ1n) is 8.99. The van der Waals surface area contributed by atoms with Gasteiger partial charge in [-0.25, -0.2) is 0 Å². The van der Waals surface area contributed by atoms with Crippen molar-refractivity contribution in [1.82, 2.24) is 9.80 Å². The molecular weight excluding hydrogens is 414 g/mol. The minimum atomic E-state index is 0. The molecule has 1 aliphatic heterocycles. The number of para-hydroxylation sites is 1. The molecule has 3 aromatic rings. The lowest BCUT2D eigenvalue weighted by molar-refractivity contribution is -0.132. The van der Waals surface area contributed by atoms with Crippen LogP contribution in [0.5, 0.6) is 0 Å². The Hall–Kier alpha value is -2.09. The summed E-state index contributed by atoms with van der Waals surface area (Å²) < 4.78 is 2.33. The van der Waals surface area contributed by atoms with Gasteiger partial charge in [0, 0.05) is 47.7 Å². The molecule has 8 heteroatoms. The molecule has 2 aromatic heterocycles. The third kappa shape index (κ3) is 4.32. The van der Waals surface area contributed by atoms with E-state index in [1.165, 1.54) is 0 Å². The standard InChI is InChI=1S/C20H21N3O2S2.ClH/c21-15-4-2-1-3-14(15)5-6-19(24)22-8-10-23(11-9-22)20(25)18-13-17-16(27-18)7-12-26-17;/h1-4,7,12-13H,5-6,8-11,21H2;1H. The molecule has 148 valence electrons. The van der Waals surface area contributed by atoms with Crippen LogP contribution in [0.15, 0.2) is 41.8 Å². The highest BCUT2D eigenvalue weighted by Gasteiger charge is 2.25. The lowest BCUT2D eigenvalue weighted by atomic mass is 10.1. The predicted molar refractivity (Wildman–Crippen MR) is 119 cm³/mol. The van der Waals surface area contributed by atoms with Crippen molar-refractivity contribution in [2.24, 2.45) is 0 Å². The molecule has 4 rings (SSSR count). The molecule has 0 spiro atoms. The third-order valence-electron chi connectivity index (χ3n) is 4.93. The van der Waals surface area contributed by atoms with Crippen LogP contribution in [0, 0.1) is 0 Å². The highest BCUT2D eigenvalue weighted by Crippen LogP contribution is 2.30. The average Bonchev–Trinajstić information content (AvgIpc) is 3.29. The Balaban J connectivity index is 0.00000225. The number of benzene rings is 1. The Labute approximate surface area is 178 Å². The fourth-order valence-electron chi connectivity index (χ4n) is 3.35. The SMILES string of the molecule is Cl.Nc1ccccc1CCC(=O)N1CCN(C(=O)c2cc3sccc3s2)CC1. The largest absolute Gasteiger partial charge is 0.399 e. The quantitative estimate of drug-likeness (QED) is 0.632.